The molecule has 1 aromatic heterocycles. The van der Waals surface area contributed by atoms with Crippen LogP contribution in [0.2, 0.25) is 0 Å². The first-order chi connectivity index (χ1) is 13.0. The first kappa shape index (κ1) is 18.4. The van der Waals surface area contributed by atoms with Crippen LogP contribution < -0.4 is 21.7 Å². The monoisotopic (exact) mass is 370 g/mol. The fourth-order valence-corrected chi connectivity index (χ4v) is 2.97. The second-order valence-electron chi connectivity index (χ2n) is 6.27. The number of primary amides is 1. The molecule has 2 amide bonds. The Balaban J connectivity index is 1.79. The number of hydrogen-bond acceptors (Lipinski definition) is 7. The van der Waals surface area contributed by atoms with Crippen molar-refractivity contribution in [1.29, 1.82) is 0 Å². The molecule has 1 aliphatic rings. The highest BCUT2D eigenvalue weighted by molar-refractivity contribution is 5.97. The molecule has 1 heterocycles. The van der Waals surface area contributed by atoms with Gasteiger partial charge in [0.2, 0.25) is 5.95 Å². The van der Waals surface area contributed by atoms with Gasteiger partial charge >= 0.3 is 6.09 Å². The van der Waals surface area contributed by atoms with E-state index >= 15 is 0 Å². The van der Waals surface area contributed by atoms with E-state index in [9.17, 15) is 9.59 Å². The van der Waals surface area contributed by atoms with E-state index in [0.717, 1.165) is 25.7 Å². The maximum atomic E-state index is 11.7. The Kier molecular flexibility index (Phi) is 5.70. The van der Waals surface area contributed by atoms with Gasteiger partial charge in [0, 0.05) is 23.6 Å². The van der Waals surface area contributed by atoms with Gasteiger partial charge in [0.15, 0.2) is 0 Å². The molecule has 0 spiro atoms. The number of rotatable bonds is 6. The van der Waals surface area contributed by atoms with Crippen molar-refractivity contribution in [3.05, 3.63) is 36.0 Å². The summed E-state index contributed by atoms with van der Waals surface area (Å²) in [6.45, 7) is 0. The van der Waals surface area contributed by atoms with E-state index < -0.39 is 12.0 Å². The minimum Gasteiger partial charge on any atom is -0.453 e. The third-order valence-corrected chi connectivity index (χ3v) is 4.30. The van der Waals surface area contributed by atoms with Crippen molar-refractivity contribution in [3.63, 3.8) is 0 Å². The van der Waals surface area contributed by atoms with Crippen LogP contribution in [0.1, 0.15) is 36.0 Å². The van der Waals surface area contributed by atoms with Crippen LogP contribution in [0.15, 0.2) is 30.5 Å². The van der Waals surface area contributed by atoms with Crippen molar-refractivity contribution in [1.82, 2.24) is 9.97 Å². The lowest BCUT2D eigenvalue weighted by atomic mass is 10.2. The van der Waals surface area contributed by atoms with Gasteiger partial charge in [-0.05, 0) is 31.0 Å². The number of ether oxygens (including phenoxy) is 1. The molecule has 3 rings (SSSR count). The van der Waals surface area contributed by atoms with Gasteiger partial charge in [0.1, 0.15) is 5.82 Å². The maximum Gasteiger partial charge on any atom is 0.411 e. The van der Waals surface area contributed by atoms with Crippen molar-refractivity contribution in [2.45, 2.75) is 31.7 Å². The summed E-state index contributed by atoms with van der Waals surface area (Å²) in [7, 11) is 1.30. The molecule has 0 aliphatic heterocycles. The number of carbonyl (C=O) groups is 2. The molecule has 1 fully saturated rings. The number of aromatic nitrogens is 2. The van der Waals surface area contributed by atoms with E-state index in [-0.39, 0.29) is 11.6 Å². The van der Waals surface area contributed by atoms with E-state index in [2.05, 4.69) is 30.7 Å². The van der Waals surface area contributed by atoms with E-state index in [1.807, 2.05) is 0 Å². The summed E-state index contributed by atoms with van der Waals surface area (Å²) in [6, 6.07) is 7.29. The summed E-state index contributed by atoms with van der Waals surface area (Å²) in [4.78, 5) is 31.6. The molecule has 0 saturated heterocycles. The van der Waals surface area contributed by atoms with Crippen LogP contribution in [0, 0.1) is 0 Å². The molecule has 1 saturated carbocycles. The molecular weight excluding hydrogens is 348 g/mol. The number of methoxy groups -OCH3 is 1. The summed E-state index contributed by atoms with van der Waals surface area (Å²) in [5.74, 6) is 0.165. The zero-order chi connectivity index (χ0) is 19.2. The lowest BCUT2D eigenvalue weighted by Crippen LogP contribution is -2.21. The Morgan fingerprint density at radius 2 is 1.96 bits per heavy atom. The molecule has 0 unspecified atom stereocenters. The lowest BCUT2D eigenvalue weighted by molar-refractivity contribution is 0.100. The van der Waals surface area contributed by atoms with Crippen LogP contribution in [-0.4, -0.2) is 35.1 Å². The topological polar surface area (TPSA) is 131 Å². The number of benzene rings is 1. The van der Waals surface area contributed by atoms with Crippen LogP contribution in [0.3, 0.4) is 0 Å². The van der Waals surface area contributed by atoms with Crippen LogP contribution in [0.25, 0.3) is 0 Å². The van der Waals surface area contributed by atoms with Gasteiger partial charge in [0.05, 0.1) is 12.7 Å². The summed E-state index contributed by atoms with van der Waals surface area (Å²) in [5.41, 5.74) is 6.93. The average Bonchev–Trinajstić information content (AvgIpc) is 3.15. The molecule has 9 heteroatoms. The van der Waals surface area contributed by atoms with Crippen LogP contribution >= 0.6 is 0 Å². The maximum absolute atomic E-state index is 11.7. The van der Waals surface area contributed by atoms with Crippen LogP contribution in [-0.2, 0) is 4.74 Å². The predicted octanol–water partition coefficient (Wildman–Crippen LogP) is 2.85. The normalized spacial score (nSPS) is 13.8. The zero-order valence-corrected chi connectivity index (χ0v) is 15.0. The van der Waals surface area contributed by atoms with Crippen molar-refractivity contribution in [2.24, 2.45) is 5.73 Å². The SMILES string of the molecule is COC(=O)Nc1cccc(Nc2ncc(C(N)=O)c(NC3CCCC3)n2)c1. The van der Waals surface area contributed by atoms with E-state index in [4.69, 9.17) is 5.73 Å². The lowest BCUT2D eigenvalue weighted by Gasteiger charge is -2.16. The Morgan fingerprint density at radius 3 is 2.67 bits per heavy atom. The smallest absolute Gasteiger partial charge is 0.411 e. The number of nitrogens with two attached hydrogens (primary N) is 1. The number of nitrogens with one attached hydrogen (secondary N) is 3. The van der Waals surface area contributed by atoms with Crippen LogP contribution in [0.5, 0.6) is 0 Å². The molecule has 0 bridgehead atoms. The molecule has 142 valence electrons. The Hall–Kier alpha value is -3.36. The van der Waals surface area contributed by atoms with E-state index in [1.54, 1.807) is 24.3 Å². The second kappa shape index (κ2) is 8.35. The largest absolute Gasteiger partial charge is 0.453 e. The molecule has 5 N–H and O–H groups in total. The number of anilines is 4. The molecule has 9 nitrogen and oxygen atoms in total. The third kappa shape index (κ3) is 4.84. The number of amides is 2. The molecule has 27 heavy (non-hydrogen) atoms. The fraction of sp³-hybridized carbons (Fsp3) is 0.333. The minimum atomic E-state index is -0.577. The summed E-state index contributed by atoms with van der Waals surface area (Å²) in [5, 5.41) is 8.94. The molecule has 0 radical (unpaired) electrons. The number of hydrogen-bond donors (Lipinski definition) is 4. The van der Waals surface area contributed by atoms with Crippen molar-refractivity contribution >= 4 is 35.1 Å². The average molecular weight is 370 g/mol. The summed E-state index contributed by atoms with van der Waals surface area (Å²) in [6.07, 6.45) is 5.22. The van der Waals surface area contributed by atoms with Gasteiger partial charge in [-0.25, -0.2) is 9.78 Å². The van der Waals surface area contributed by atoms with Crippen LogP contribution in [0.4, 0.5) is 27.9 Å². The number of carbonyl (C=O) groups excluding carboxylic acids is 2. The Morgan fingerprint density at radius 1 is 1.22 bits per heavy atom. The van der Waals surface area contributed by atoms with Crippen molar-refractivity contribution < 1.29 is 14.3 Å². The van der Waals surface area contributed by atoms with Gasteiger partial charge in [-0.1, -0.05) is 18.9 Å². The highest BCUT2D eigenvalue weighted by atomic mass is 16.5. The third-order valence-electron chi connectivity index (χ3n) is 4.30. The summed E-state index contributed by atoms with van der Waals surface area (Å²) >= 11 is 0. The fourth-order valence-electron chi connectivity index (χ4n) is 2.97. The molecular formula is C18H22N6O3. The predicted molar refractivity (Wildman–Crippen MR) is 102 cm³/mol. The molecule has 2 aromatic rings. The highest BCUT2D eigenvalue weighted by Crippen LogP contribution is 2.25. The zero-order valence-electron chi connectivity index (χ0n) is 15.0. The first-order valence-corrected chi connectivity index (χ1v) is 8.70. The molecule has 1 aliphatic carbocycles. The molecule has 0 atom stereocenters. The Bertz CT molecular complexity index is 836. The van der Waals surface area contributed by atoms with E-state index in [0.29, 0.717) is 23.1 Å². The summed E-state index contributed by atoms with van der Waals surface area (Å²) < 4.78 is 4.58. The van der Waals surface area contributed by atoms with Gasteiger partial charge in [-0.3, -0.25) is 10.1 Å². The second-order valence-corrected chi connectivity index (χ2v) is 6.27. The van der Waals surface area contributed by atoms with Gasteiger partial charge in [-0.15, -0.1) is 0 Å². The first-order valence-electron chi connectivity index (χ1n) is 8.70. The number of nitrogens with zero attached hydrogens (tertiary/aromatic N) is 2. The van der Waals surface area contributed by atoms with Crippen molar-refractivity contribution in [2.75, 3.05) is 23.1 Å². The minimum absolute atomic E-state index is 0.258. The Labute approximate surface area is 156 Å². The standard InChI is InChI=1S/C18H22N6O3/c1-27-18(26)23-13-8-4-7-12(9-13)22-17-20-10-14(15(19)25)16(24-17)21-11-5-2-3-6-11/h4,7-11H,2-3,5-6H2,1H3,(H2,19,25)(H,23,26)(H2,20,21,22,24). The van der Waals surface area contributed by atoms with Gasteiger partial charge in [0.25, 0.3) is 5.91 Å². The van der Waals surface area contributed by atoms with Gasteiger partial charge in [-0.2, -0.15) is 4.98 Å². The quantitative estimate of drug-likeness (QED) is 0.615. The van der Waals surface area contributed by atoms with Gasteiger partial charge < -0.3 is 21.1 Å². The van der Waals surface area contributed by atoms with Crippen molar-refractivity contribution in [3.8, 4) is 0 Å². The highest BCUT2D eigenvalue weighted by Gasteiger charge is 2.19. The molecule has 1 aromatic carbocycles. The van der Waals surface area contributed by atoms with E-state index in [1.165, 1.54) is 13.3 Å².